The zero-order valence-electron chi connectivity index (χ0n) is 8.36. The second-order valence-corrected chi connectivity index (χ2v) is 4.42. The Morgan fingerprint density at radius 2 is 0.737 bits per heavy atom. The van der Waals surface area contributed by atoms with Crippen LogP contribution in [0.3, 0.4) is 0 Å². The molecule has 19 heavy (non-hydrogen) atoms. The van der Waals surface area contributed by atoms with Gasteiger partial charge in [-0.3, -0.25) is 0 Å². The lowest BCUT2D eigenvalue weighted by atomic mass is 9.76. The van der Waals surface area contributed by atoms with Gasteiger partial charge in [0.05, 0.1) is 0 Å². The van der Waals surface area contributed by atoms with Crippen LogP contribution in [0, 0.1) is 6.92 Å². The molecule has 0 spiro atoms. The number of alkyl halides is 11. The first-order valence-corrected chi connectivity index (χ1v) is 4.43. The summed E-state index contributed by atoms with van der Waals surface area (Å²) in [6.07, 6.45) is 0. The summed E-state index contributed by atoms with van der Waals surface area (Å²) in [5.74, 6) is -26.7. The largest absolute Gasteiger partial charge is 0.359 e. The summed E-state index contributed by atoms with van der Waals surface area (Å²) >= 11 is 0. The number of rotatable bonds is 0. The highest BCUT2D eigenvalue weighted by molar-refractivity contribution is 5.48. The van der Waals surface area contributed by atoms with Crippen LogP contribution in [-0.4, -0.2) is 40.7 Å². The molecule has 3 atom stereocenters. The molecule has 2 saturated carbocycles. The van der Waals surface area contributed by atoms with Crippen LogP contribution in [0.25, 0.3) is 0 Å². The van der Waals surface area contributed by atoms with E-state index < -0.39 is 40.7 Å². The van der Waals surface area contributed by atoms with Gasteiger partial charge in [-0.15, -0.1) is 0 Å². The van der Waals surface area contributed by atoms with Gasteiger partial charge < -0.3 is 0 Å². The Bertz CT molecular complexity index is 380. The molecule has 0 heterocycles. The minimum atomic E-state index is -6.82. The van der Waals surface area contributed by atoms with Gasteiger partial charge in [-0.2, -0.15) is 35.1 Å². The van der Waals surface area contributed by atoms with Crippen molar-refractivity contribution in [2.24, 2.45) is 0 Å². The molecule has 0 N–H and O–H groups in total. The molecule has 0 saturated heterocycles. The molecule has 2 aliphatic carbocycles. The molecule has 2 rings (SSSR count). The maximum atomic E-state index is 13.5. The van der Waals surface area contributed by atoms with Gasteiger partial charge in [0.15, 0.2) is 0 Å². The first-order valence-electron chi connectivity index (χ1n) is 4.43. The minimum Gasteiger partial charge on any atom is -0.233 e. The monoisotopic (exact) mass is 307 g/mol. The van der Waals surface area contributed by atoms with Crippen LogP contribution in [0.15, 0.2) is 0 Å². The van der Waals surface area contributed by atoms with Crippen molar-refractivity contribution in [3.05, 3.63) is 6.92 Å². The van der Waals surface area contributed by atoms with Crippen LogP contribution in [0.4, 0.5) is 48.3 Å². The van der Waals surface area contributed by atoms with E-state index in [9.17, 15) is 48.3 Å². The van der Waals surface area contributed by atoms with Gasteiger partial charge >= 0.3 is 29.4 Å². The van der Waals surface area contributed by atoms with Crippen LogP contribution in [0.1, 0.15) is 0 Å². The van der Waals surface area contributed by atoms with Gasteiger partial charge in [0.1, 0.15) is 0 Å². The van der Waals surface area contributed by atoms with Crippen LogP contribution in [-0.2, 0) is 0 Å². The lowest BCUT2D eigenvalue weighted by Crippen LogP contribution is -2.74. The Morgan fingerprint density at radius 3 is 1.00 bits per heavy atom. The predicted molar refractivity (Wildman–Crippen MR) is 36.7 cm³/mol. The Hall–Kier alpha value is -0.770. The van der Waals surface area contributed by atoms with Crippen molar-refractivity contribution in [3.8, 4) is 0 Å². The van der Waals surface area contributed by atoms with Crippen LogP contribution in [0.5, 0.6) is 0 Å². The molecule has 11 heteroatoms. The summed E-state index contributed by atoms with van der Waals surface area (Å²) in [6, 6.07) is 0. The summed E-state index contributed by atoms with van der Waals surface area (Å²) in [5, 5.41) is 0. The fourth-order valence-corrected chi connectivity index (χ4v) is 2.45. The summed E-state index contributed by atoms with van der Waals surface area (Å²) < 4.78 is 144. The Kier molecular flexibility index (Phi) is 2.06. The summed E-state index contributed by atoms with van der Waals surface area (Å²) in [5.41, 5.74) is -19.0. The van der Waals surface area contributed by atoms with Crippen molar-refractivity contribution in [2.75, 3.05) is 0 Å². The number of fused-ring (bicyclic) bond motifs is 2. The SMILES string of the molecule is [CH2]C1(F)C(F)(F)C2(F)C(F)(F)C(F)(F)C1(F)C2(F)F. The van der Waals surface area contributed by atoms with Crippen molar-refractivity contribution in [2.45, 2.75) is 40.7 Å². The zero-order chi connectivity index (χ0) is 15.5. The molecule has 0 amide bonds. The average molecular weight is 307 g/mol. The van der Waals surface area contributed by atoms with Crippen LogP contribution in [0.2, 0.25) is 0 Å². The standard InChI is InChI=1S/C8H2F11/c1-2(9)3(10)6(14,15)4(11,5(2,12)13)8(18,19)7(3,16)17/h1H2. The fourth-order valence-electron chi connectivity index (χ4n) is 2.45. The van der Waals surface area contributed by atoms with Crippen LogP contribution >= 0.6 is 0 Å². The third-order valence-corrected chi connectivity index (χ3v) is 3.60. The number of halogens is 11. The molecule has 1 radical (unpaired) electrons. The number of hydrogen-bond donors (Lipinski definition) is 0. The van der Waals surface area contributed by atoms with Gasteiger partial charge in [-0.1, -0.05) is 0 Å². The quantitative estimate of drug-likeness (QED) is 0.601. The second kappa shape index (κ2) is 2.67. The van der Waals surface area contributed by atoms with E-state index in [0.29, 0.717) is 0 Å². The third kappa shape index (κ3) is 0.788. The second-order valence-electron chi connectivity index (χ2n) is 4.42. The third-order valence-electron chi connectivity index (χ3n) is 3.60. The predicted octanol–water partition coefficient (Wildman–Crippen LogP) is 3.51. The average Bonchev–Trinajstić information content (AvgIpc) is 2.32. The van der Waals surface area contributed by atoms with E-state index in [1.54, 1.807) is 0 Å². The van der Waals surface area contributed by atoms with E-state index in [1.807, 2.05) is 0 Å². The zero-order valence-corrected chi connectivity index (χ0v) is 8.36. The Labute approximate surface area is 97.1 Å². The van der Waals surface area contributed by atoms with E-state index in [1.165, 1.54) is 6.92 Å². The van der Waals surface area contributed by atoms with E-state index in [4.69, 9.17) is 0 Å². The molecule has 3 unspecified atom stereocenters. The Morgan fingerprint density at radius 1 is 0.421 bits per heavy atom. The maximum absolute atomic E-state index is 13.5. The molecular weight excluding hydrogens is 305 g/mol. The molecule has 2 fully saturated rings. The smallest absolute Gasteiger partial charge is 0.233 e. The fraction of sp³-hybridized carbons (Fsp3) is 0.875. The van der Waals surface area contributed by atoms with E-state index in [-0.39, 0.29) is 0 Å². The van der Waals surface area contributed by atoms with Gasteiger partial charge in [0, 0.05) is 0 Å². The lowest BCUT2D eigenvalue weighted by molar-refractivity contribution is -0.367. The summed E-state index contributed by atoms with van der Waals surface area (Å²) in [7, 11) is 0. The van der Waals surface area contributed by atoms with Gasteiger partial charge in [-0.25, -0.2) is 13.2 Å². The molecule has 2 bridgehead atoms. The molecule has 111 valence electrons. The topological polar surface area (TPSA) is 0 Å². The van der Waals surface area contributed by atoms with Crippen molar-refractivity contribution < 1.29 is 48.3 Å². The van der Waals surface area contributed by atoms with Crippen molar-refractivity contribution in [1.29, 1.82) is 0 Å². The molecule has 2 aliphatic rings. The molecule has 0 aromatic carbocycles. The highest BCUT2D eigenvalue weighted by atomic mass is 19.3. The number of hydrogen-bond acceptors (Lipinski definition) is 0. The minimum absolute atomic E-state index is 1.45. The highest BCUT2D eigenvalue weighted by Crippen LogP contribution is 2.82. The van der Waals surface area contributed by atoms with Gasteiger partial charge in [0.2, 0.25) is 5.67 Å². The highest BCUT2D eigenvalue weighted by Gasteiger charge is 3.15. The summed E-state index contributed by atoms with van der Waals surface area (Å²) in [6.45, 7) is 1.45. The van der Waals surface area contributed by atoms with Crippen molar-refractivity contribution in [1.82, 2.24) is 0 Å². The molecule has 0 aromatic rings. The molecule has 0 aliphatic heterocycles. The van der Waals surface area contributed by atoms with Gasteiger partial charge in [-0.05, 0) is 6.92 Å². The molecular formula is C8H2F11. The van der Waals surface area contributed by atoms with Crippen molar-refractivity contribution in [3.63, 3.8) is 0 Å². The first kappa shape index (κ1) is 14.6. The van der Waals surface area contributed by atoms with Gasteiger partial charge in [0.25, 0.3) is 5.67 Å². The van der Waals surface area contributed by atoms with E-state index in [2.05, 4.69) is 0 Å². The maximum Gasteiger partial charge on any atom is 0.359 e. The van der Waals surface area contributed by atoms with Crippen molar-refractivity contribution >= 4 is 0 Å². The first-order chi connectivity index (χ1) is 8.00. The van der Waals surface area contributed by atoms with Crippen LogP contribution < -0.4 is 0 Å². The molecule has 0 aromatic heterocycles. The Balaban J connectivity index is 2.99. The van der Waals surface area contributed by atoms with E-state index >= 15 is 0 Å². The lowest BCUT2D eigenvalue weighted by Gasteiger charge is -2.44. The summed E-state index contributed by atoms with van der Waals surface area (Å²) in [4.78, 5) is 0. The molecule has 0 nitrogen and oxygen atoms in total. The normalized spacial score (nSPS) is 52.4. The van der Waals surface area contributed by atoms with E-state index in [0.717, 1.165) is 0 Å².